The van der Waals surface area contributed by atoms with Gasteiger partial charge < -0.3 is 9.73 Å². The highest BCUT2D eigenvalue weighted by molar-refractivity contribution is 9.10. The zero-order chi connectivity index (χ0) is 15.4. The van der Waals surface area contributed by atoms with Gasteiger partial charge in [0.2, 0.25) is 0 Å². The second-order valence-electron chi connectivity index (χ2n) is 5.34. The van der Waals surface area contributed by atoms with Crippen molar-refractivity contribution in [2.24, 2.45) is 0 Å². The quantitative estimate of drug-likeness (QED) is 0.812. The van der Waals surface area contributed by atoms with Crippen LogP contribution in [0.25, 0.3) is 0 Å². The van der Waals surface area contributed by atoms with Gasteiger partial charge in [-0.05, 0) is 61.3 Å². The van der Waals surface area contributed by atoms with Crippen molar-refractivity contribution in [1.82, 2.24) is 15.1 Å². The lowest BCUT2D eigenvalue weighted by molar-refractivity contribution is 0.400. The highest BCUT2D eigenvalue weighted by Crippen LogP contribution is 2.28. The van der Waals surface area contributed by atoms with Gasteiger partial charge in [-0.2, -0.15) is 5.10 Å². The van der Waals surface area contributed by atoms with E-state index in [2.05, 4.69) is 51.8 Å². The van der Waals surface area contributed by atoms with Crippen LogP contribution in [-0.4, -0.2) is 16.3 Å². The zero-order valence-electron chi connectivity index (χ0n) is 13.2. The number of halogens is 1. The van der Waals surface area contributed by atoms with Gasteiger partial charge in [0, 0.05) is 13.0 Å². The Balaban J connectivity index is 2.29. The van der Waals surface area contributed by atoms with E-state index in [1.54, 1.807) is 6.26 Å². The van der Waals surface area contributed by atoms with E-state index in [1.165, 1.54) is 11.3 Å². The summed E-state index contributed by atoms with van der Waals surface area (Å²) in [6, 6.07) is 2.20. The monoisotopic (exact) mass is 353 g/mol. The summed E-state index contributed by atoms with van der Waals surface area (Å²) in [5, 5.41) is 8.17. The van der Waals surface area contributed by atoms with Gasteiger partial charge in [0.1, 0.15) is 5.76 Å². The number of aryl methyl sites for hydroxylation is 3. The van der Waals surface area contributed by atoms with Crippen LogP contribution in [0.5, 0.6) is 0 Å². The molecule has 1 unspecified atom stereocenters. The number of furan rings is 1. The molecule has 0 radical (unpaired) electrons. The summed E-state index contributed by atoms with van der Waals surface area (Å²) in [5.41, 5.74) is 3.45. The van der Waals surface area contributed by atoms with Crippen molar-refractivity contribution in [2.75, 3.05) is 6.54 Å². The Kier molecular flexibility index (Phi) is 5.65. The summed E-state index contributed by atoms with van der Waals surface area (Å²) >= 11 is 3.68. The molecule has 1 N–H and O–H groups in total. The van der Waals surface area contributed by atoms with Crippen molar-refractivity contribution in [1.29, 1.82) is 0 Å². The molecular formula is C16H24BrN3O. The van der Waals surface area contributed by atoms with E-state index in [0.717, 1.165) is 41.9 Å². The lowest BCUT2D eigenvalue weighted by atomic mass is 10.1. The summed E-state index contributed by atoms with van der Waals surface area (Å²) in [5.74, 6) is 1.02. The summed E-state index contributed by atoms with van der Waals surface area (Å²) < 4.78 is 8.88. The molecule has 0 saturated carbocycles. The molecule has 0 fully saturated rings. The summed E-state index contributed by atoms with van der Waals surface area (Å²) in [7, 11) is 0. The molecule has 2 rings (SSSR count). The van der Waals surface area contributed by atoms with E-state index >= 15 is 0 Å². The normalized spacial score (nSPS) is 12.8. The molecule has 0 aromatic carbocycles. The Labute approximate surface area is 135 Å². The Morgan fingerprint density at radius 1 is 1.38 bits per heavy atom. The molecule has 2 aromatic rings. The number of hydrogen-bond acceptors (Lipinski definition) is 3. The molecule has 0 amide bonds. The van der Waals surface area contributed by atoms with Crippen LogP contribution in [0.2, 0.25) is 0 Å². The van der Waals surface area contributed by atoms with Crippen LogP contribution >= 0.6 is 15.9 Å². The van der Waals surface area contributed by atoms with Crippen LogP contribution in [0.15, 0.2) is 21.2 Å². The number of aromatic nitrogens is 2. The molecule has 0 saturated heterocycles. The first kappa shape index (κ1) is 16.3. The van der Waals surface area contributed by atoms with Crippen molar-refractivity contribution in [3.05, 3.63) is 39.5 Å². The predicted octanol–water partition coefficient (Wildman–Crippen LogP) is 4.16. The van der Waals surface area contributed by atoms with Gasteiger partial charge >= 0.3 is 0 Å². The third-order valence-corrected chi connectivity index (χ3v) is 4.74. The van der Waals surface area contributed by atoms with Crippen LogP contribution in [0.4, 0.5) is 0 Å². The highest BCUT2D eigenvalue weighted by Gasteiger charge is 2.22. The SMILES string of the molecule is CCCNC(Cc1c(Br)c(C)nn1CC)c1occc1C. The van der Waals surface area contributed by atoms with E-state index in [1.807, 2.05) is 13.0 Å². The second kappa shape index (κ2) is 7.27. The fourth-order valence-electron chi connectivity index (χ4n) is 2.57. The molecule has 116 valence electrons. The van der Waals surface area contributed by atoms with Crippen LogP contribution in [0.3, 0.4) is 0 Å². The van der Waals surface area contributed by atoms with Gasteiger partial charge in [-0.3, -0.25) is 4.68 Å². The van der Waals surface area contributed by atoms with E-state index in [0.29, 0.717) is 0 Å². The van der Waals surface area contributed by atoms with E-state index in [-0.39, 0.29) is 6.04 Å². The van der Waals surface area contributed by atoms with Gasteiger partial charge in [-0.25, -0.2) is 0 Å². The molecular weight excluding hydrogens is 330 g/mol. The van der Waals surface area contributed by atoms with Crippen molar-refractivity contribution in [2.45, 2.75) is 53.1 Å². The fraction of sp³-hybridized carbons (Fsp3) is 0.562. The van der Waals surface area contributed by atoms with Gasteiger partial charge in [0.15, 0.2) is 0 Å². The third kappa shape index (κ3) is 3.58. The maximum atomic E-state index is 5.71. The van der Waals surface area contributed by atoms with Crippen LogP contribution < -0.4 is 5.32 Å². The number of nitrogens with zero attached hydrogens (tertiary/aromatic N) is 2. The standard InChI is InChI=1S/C16H24BrN3O/c1-5-8-18-13(16-11(3)7-9-21-16)10-14-15(17)12(4)19-20(14)6-2/h7,9,13,18H,5-6,8,10H2,1-4H3. The molecule has 0 aliphatic heterocycles. The summed E-state index contributed by atoms with van der Waals surface area (Å²) in [4.78, 5) is 0. The Morgan fingerprint density at radius 3 is 2.71 bits per heavy atom. The molecule has 4 nitrogen and oxygen atoms in total. The van der Waals surface area contributed by atoms with E-state index in [9.17, 15) is 0 Å². The smallest absolute Gasteiger partial charge is 0.123 e. The largest absolute Gasteiger partial charge is 0.467 e. The molecule has 0 aliphatic carbocycles. The lowest BCUT2D eigenvalue weighted by Crippen LogP contribution is -2.25. The van der Waals surface area contributed by atoms with Crippen molar-refractivity contribution >= 4 is 15.9 Å². The first-order chi connectivity index (χ1) is 10.1. The molecule has 0 aliphatic rings. The Hall–Kier alpha value is -1.07. The van der Waals surface area contributed by atoms with Crippen LogP contribution in [-0.2, 0) is 13.0 Å². The van der Waals surface area contributed by atoms with Gasteiger partial charge in [0.25, 0.3) is 0 Å². The van der Waals surface area contributed by atoms with Crippen molar-refractivity contribution < 1.29 is 4.42 Å². The lowest BCUT2D eigenvalue weighted by Gasteiger charge is -2.18. The molecule has 2 heterocycles. The maximum absolute atomic E-state index is 5.71. The summed E-state index contributed by atoms with van der Waals surface area (Å²) in [6.45, 7) is 10.3. The number of rotatable bonds is 7. The van der Waals surface area contributed by atoms with E-state index in [4.69, 9.17) is 4.42 Å². The van der Waals surface area contributed by atoms with E-state index < -0.39 is 0 Å². The topological polar surface area (TPSA) is 43.0 Å². The molecule has 0 bridgehead atoms. The van der Waals surface area contributed by atoms with Gasteiger partial charge in [-0.15, -0.1) is 0 Å². The minimum Gasteiger partial charge on any atom is -0.467 e. The third-order valence-electron chi connectivity index (χ3n) is 3.71. The predicted molar refractivity (Wildman–Crippen MR) is 88.5 cm³/mol. The fourth-order valence-corrected chi connectivity index (χ4v) is 3.02. The van der Waals surface area contributed by atoms with Crippen molar-refractivity contribution in [3.8, 4) is 0 Å². The average Bonchev–Trinajstić information content (AvgIpc) is 3.01. The minimum absolute atomic E-state index is 0.178. The Morgan fingerprint density at radius 2 is 2.14 bits per heavy atom. The van der Waals surface area contributed by atoms with Crippen molar-refractivity contribution in [3.63, 3.8) is 0 Å². The molecule has 1 atom stereocenters. The molecule has 5 heteroatoms. The number of hydrogen-bond donors (Lipinski definition) is 1. The molecule has 0 spiro atoms. The highest BCUT2D eigenvalue weighted by atomic mass is 79.9. The molecule has 2 aromatic heterocycles. The molecule has 21 heavy (non-hydrogen) atoms. The van der Waals surface area contributed by atoms with Gasteiger partial charge in [0.05, 0.1) is 28.2 Å². The van der Waals surface area contributed by atoms with Crippen LogP contribution in [0.1, 0.15) is 49.0 Å². The second-order valence-corrected chi connectivity index (χ2v) is 6.13. The minimum atomic E-state index is 0.178. The first-order valence-electron chi connectivity index (χ1n) is 7.57. The number of nitrogens with one attached hydrogen (secondary N) is 1. The summed E-state index contributed by atoms with van der Waals surface area (Å²) in [6.07, 6.45) is 3.73. The van der Waals surface area contributed by atoms with Crippen LogP contribution in [0, 0.1) is 13.8 Å². The first-order valence-corrected chi connectivity index (χ1v) is 8.36. The zero-order valence-corrected chi connectivity index (χ0v) is 14.8. The van der Waals surface area contributed by atoms with Gasteiger partial charge in [-0.1, -0.05) is 6.92 Å². The maximum Gasteiger partial charge on any atom is 0.123 e. The average molecular weight is 354 g/mol. The Bertz CT molecular complexity index is 588.